The van der Waals surface area contributed by atoms with E-state index < -0.39 is 40.6 Å². The Morgan fingerprint density at radius 1 is 1.29 bits per heavy atom. The van der Waals surface area contributed by atoms with Gasteiger partial charge in [0.2, 0.25) is 5.75 Å². The summed E-state index contributed by atoms with van der Waals surface area (Å²) in [6, 6.07) is 5.84. The Bertz CT molecular complexity index is 1440. The first kappa shape index (κ1) is 24.1. The normalized spacial score (nSPS) is 13.0. The van der Waals surface area contributed by atoms with E-state index in [0.717, 1.165) is 10.3 Å². The third kappa shape index (κ3) is 4.54. The summed E-state index contributed by atoms with van der Waals surface area (Å²) in [4.78, 5) is 30.0. The lowest BCUT2D eigenvalue weighted by Crippen LogP contribution is -2.29. The molecule has 4 aromatic rings. The quantitative estimate of drug-likeness (QED) is 0.414. The van der Waals surface area contributed by atoms with Gasteiger partial charge in [-0.25, -0.2) is 9.37 Å². The van der Waals surface area contributed by atoms with Crippen LogP contribution in [0.25, 0.3) is 0 Å². The van der Waals surface area contributed by atoms with Crippen LogP contribution in [0.4, 0.5) is 10.1 Å². The van der Waals surface area contributed by atoms with Gasteiger partial charge >= 0.3 is 0 Å². The van der Waals surface area contributed by atoms with E-state index in [2.05, 4.69) is 25.1 Å². The second-order valence-corrected chi connectivity index (χ2v) is 8.57. The first-order valence-electron chi connectivity index (χ1n) is 10.5. The summed E-state index contributed by atoms with van der Waals surface area (Å²) in [7, 11) is 3.20. The number of rotatable bonds is 6. The molecule has 0 bridgehead atoms. The topological polar surface area (TPSA) is 128 Å². The van der Waals surface area contributed by atoms with Crippen LogP contribution in [0.5, 0.6) is 5.75 Å². The lowest BCUT2D eigenvalue weighted by atomic mass is 9.83. The molecule has 2 atom stereocenters. The average molecular weight is 501 g/mol. The summed E-state index contributed by atoms with van der Waals surface area (Å²) in [6.45, 7) is 3.63. The Labute approximate surface area is 204 Å². The van der Waals surface area contributed by atoms with Crippen LogP contribution in [0, 0.1) is 12.7 Å². The van der Waals surface area contributed by atoms with Gasteiger partial charge in [-0.05, 0) is 36.8 Å². The van der Waals surface area contributed by atoms with E-state index in [9.17, 15) is 19.1 Å². The molecule has 0 unspecified atom stereocenters. The number of hydrogen-bond donors (Lipinski definition) is 2. The number of aromatic nitrogens is 5. The number of anilines is 1. The lowest BCUT2D eigenvalue weighted by molar-refractivity contribution is 0.101. The number of nitrogens with zero attached hydrogens (tertiary/aromatic N) is 5. The molecule has 1 amide bonds. The molecule has 3 aromatic heterocycles. The van der Waals surface area contributed by atoms with Crippen molar-refractivity contribution in [1.82, 2.24) is 24.5 Å². The highest BCUT2D eigenvalue weighted by molar-refractivity contribution is 6.31. The monoisotopic (exact) mass is 500 g/mol. The third-order valence-corrected chi connectivity index (χ3v) is 6.20. The van der Waals surface area contributed by atoms with E-state index in [1.54, 1.807) is 18.7 Å². The second-order valence-electron chi connectivity index (χ2n) is 8.16. The van der Waals surface area contributed by atoms with Gasteiger partial charge in [-0.3, -0.25) is 18.8 Å². The Morgan fingerprint density at radius 3 is 2.66 bits per heavy atom. The van der Waals surface area contributed by atoms with Crippen LogP contribution in [0.15, 0.2) is 46.0 Å². The van der Waals surface area contributed by atoms with Gasteiger partial charge in [-0.1, -0.05) is 23.7 Å². The van der Waals surface area contributed by atoms with E-state index in [1.807, 2.05) is 13.0 Å². The predicted molar refractivity (Wildman–Crippen MR) is 125 cm³/mol. The maximum absolute atomic E-state index is 14.3. The number of aryl methyl sites for hydroxylation is 2. The maximum Gasteiger partial charge on any atom is 0.296 e. The molecule has 182 valence electrons. The van der Waals surface area contributed by atoms with Crippen LogP contribution in [0.2, 0.25) is 5.02 Å². The first-order valence-corrected chi connectivity index (χ1v) is 10.9. The van der Waals surface area contributed by atoms with Crippen molar-refractivity contribution >= 4 is 23.2 Å². The molecule has 10 nitrogen and oxygen atoms in total. The summed E-state index contributed by atoms with van der Waals surface area (Å²) < 4.78 is 21.8. The lowest BCUT2D eigenvalue weighted by Gasteiger charge is -2.25. The van der Waals surface area contributed by atoms with Gasteiger partial charge in [0.1, 0.15) is 23.6 Å². The highest BCUT2D eigenvalue weighted by Gasteiger charge is 2.32. The zero-order chi connectivity index (χ0) is 25.4. The van der Waals surface area contributed by atoms with E-state index in [4.69, 9.17) is 11.6 Å². The number of hydrogen-bond acceptors (Lipinski definition) is 7. The van der Waals surface area contributed by atoms with Crippen molar-refractivity contribution in [2.75, 3.05) is 5.32 Å². The number of nitrogens with one attached hydrogen (secondary N) is 1. The molecule has 3 heterocycles. The molecule has 12 heteroatoms. The number of aromatic hydroxyl groups is 1. The largest absolute Gasteiger partial charge is 0.501 e. The molecule has 0 fully saturated rings. The molecule has 4 rings (SSSR count). The smallest absolute Gasteiger partial charge is 0.296 e. The number of carbonyl (C=O) groups is 1. The molecule has 35 heavy (non-hydrogen) atoms. The number of halogens is 2. The fraction of sp³-hybridized carbons (Fsp3) is 0.261. The SMILES string of the molecule is Cc1cc([C@H](c2cc(F)ccc2Cl)[C@@H](C)c2nc(C(=O)Nc3cnoc3)c(O)c(=O)n2C)nn1C. The highest BCUT2D eigenvalue weighted by atomic mass is 35.5. The predicted octanol–water partition coefficient (Wildman–Crippen LogP) is 3.50. The molecule has 0 spiro atoms. The zero-order valence-electron chi connectivity index (χ0n) is 19.3. The van der Waals surface area contributed by atoms with Gasteiger partial charge in [-0.2, -0.15) is 5.10 Å². The molecule has 0 saturated carbocycles. The van der Waals surface area contributed by atoms with E-state index in [0.29, 0.717) is 16.3 Å². The Kier molecular flexibility index (Phi) is 6.44. The molecule has 1 aromatic carbocycles. The Morgan fingerprint density at radius 2 is 2.03 bits per heavy atom. The van der Waals surface area contributed by atoms with Crippen molar-refractivity contribution in [3.63, 3.8) is 0 Å². The molecule has 0 aliphatic heterocycles. The second kappa shape index (κ2) is 9.34. The van der Waals surface area contributed by atoms with E-state index in [-0.39, 0.29) is 11.5 Å². The maximum atomic E-state index is 14.3. The summed E-state index contributed by atoms with van der Waals surface area (Å²) >= 11 is 6.47. The Hall–Kier alpha value is -3.99. The van der Waals surface area contributed by atoms with Gasteiger partial charge in [0.15, 0.2) is 5.69 Å². The van der Waals surface area contributed by atoms with Crippen LogP contribution in [-0.4, -0.2) is 35.5 Å². The molecule has 0 radical (unpaired) electrons. The van der Waals surface area contributed by atoms with Crippen LogP contribution in [-0.2, 0) is 14.1 Å². The average Bonchev–Trinajstić information content (AvgIpc) is 3.44. The fourth-order valence-corrected chi connectivity index (χ4v) is 4.19. The zero-order valence-corrected chi connectivity index (χ0v) is 20.0. The molecule has 0 aliphatic rings. The minimum absolute atomic E-state index is 0.164. The van der Waals surface area contributed by atoms with Gasteiger partial charge < -0.3 is 14.9 Å². The van der Waals surface area contributed by atoms with Crippen LogP contribution in [0.1, 0.15) is 52.0 Å². The summed E-state index contributed by atoms with van der Waals surface area (Å²) in [5, 5.41) is 21.2. The minimum Gasteiger partial charge on any atom is -0.501 e. The standard InChI is InChI=1S/C23H22ClFN6O4/c1-11-7-17(29-31(11)4)18(15-8-13(25)5-6-16(15)24)12(2)21-28-19(20(32)23(34)30(21)3)22(33)27-14-9-26-35-10-14/h5-10,12,18,32H,1-4H3,(H,27,33)/t12-,18+/m1/s1. The van der Waals surface area contributed by atoms with Crippen molar-refractivity contribution in [3.8, 4) is 5.75 Å². The van der Waals surface area contributed by atoms with Gasteiger partial charge in [0, 0.05) is 36.6 Å². The van der Waals surface area contributed by atoms with Gasteiger partial charge in [0.05, 0.1) is 11.9 Å². The number of amides is 1. The molecular weight excluding hydrogens is 479 g/mol. The van der Waals surface area contributed by atoms with E-state index in [1.165, 1.54) is 37.7 Å². The number of benzene rings is 1. The molecule has 0 saturated heterocycles. The molecular formula is C23H22ClFN6O4. The summed E-state index contributed by atoms with van der Waals surface area (Å²) in [6.07, 6.45) is 2.44. The van der Waals surface area contributed by atoms with Crippen molar-refractivity contribution < 1.29 is 18.8 Å². The van der Waals surface area contributed by atoms with Crippen molar-refractivity contribution in [2.45, 2.75) is 25.7 Å². The first-order chi connectivity index (χ1) is 16.6. The molecule has 2 N–H and O–H groups in total. The van der Waals surface area contributed by atoms with Crippen molar-refractivity contribution in [2.24, 2.45) is 14.1 Å². The van der Waals surface area contributed by atoms with Crippen LogP contribution < -0.4 is 10.9 Å². The van der Waals surface area contributed by atoms with Crippen LogP contribution in [0.3, 0.4) is 0 Å². The summed E-state index contributed by atoms with van der Waals surface area (Å²) in [5.74, 6) is -3.22. The van der Waals surface area contributed by atoms with Gasteiger partial charge in [-0.15, -0.1) is 0 Å². The van der Waals surface area contributed by atoms with Crippen molar-refractivity contribution in [3.05, 3.63) is 86.4 Å². The highest BCUT2D eigenvalue weighted by Crippen LogP contribution is 2.40. The van der Waals surface area contributed by atoms with Crippen LogP contribution >= 0.6 is 11.6 Å². The number of carbonyl (C=O) groups excluding carboxylic acids is 1. The Balaban J connectivity index is 1.87. The van der Waals surface area contributed by atoms with E-state index >= 15 is 0 Å². The molecule has 0 aliphatic carbocycles. The third-order valence-electron chi connectivity index (χ3n) is 5.86. The van der Waals surface area contributed by atoms with Gasteiger partial charge in [0.25, 0.3) is 11.5 Å². The van der Waals surface area contributed by atoms with Crippen molar-refractivity contribution in [1.29, 1.82) is 0 Å². The fourth-order valence-electron chi connectivity index (χ4n) is 3.96. The minimum atomic E-state index is -0.828. The summed E-state index contributed by atoms with van der Waals surface area (Å²) in [5.41, 5.74) is 0.792.